The average Bonchev–Trinajstić information content (AvgIpc) is 2.83. The van der Waals surface area contributed by atoms with Crippen molar-refractivity contribution in [1.29, 1.82) is 0 Å². The Bertz CT molecular complexity index is 233. The zero-order chi connectivity index (χ0) is 10.2. The van der Waals surface area contributed by atoms with E-state index in [1.807, 2.05) is 0 Å². The van der Waals surface area contributed by atoms with E-state index in [9.17, 15) is 4.79 Å². The highest BCUT2D eigenvalue weighted by atomic mass is 16.2. The van der Waals surface area contributed by atoms with Crippen LogP contribution in [0.1, 0.15) is 45.4 Å². The first-order valence-electron chi connectivity index (χ1n) is 5.68. The molecule has 0 aliphatic heterocycles. The van der Waals surface area contributed by atoms with Crippen molar-refractivity contribution in [2.45, 2.75) is 57.0 Å². The molecular formula is C11H20N2O. The molecular weight excluding hydrogens is 176 g/mol. The second-order valence-corrected chi connectivity index (χ2v) is 5.12. The molecule has 80 valence electrons. The van der Waals surface area contributed by atoms with Crippen molar-refractivity contribution < 1.29 is 4.79 Å². The predicted octanol–water partition coefficient (Wildman–Crippen LogP) is 1.17. The molecule has 0 saturated heterocycles. The van der Waals surface area contributed by atoms with Crippen molar-refractivity contribution in [2.75, 3.05) is 0 Å². The van der Waals surface area contributed by atoms with Crippen LogP contribution in [0.5, 0.6) is 0 Å². The molecule has 3 N–H and O–H groups in total. The Kier molecular flexibility index (Phi) is 2.52. The fourth-order valence-corrected chi connectivity index (χ4v) is 2.36. The molecule has 2 aliphatic rings. The molecule has 14 heavy (non-hydrogen) atoms. The first-order chi connectivity index (χ1) is 6.61. The van der Waals surface area contributed by atoms with Crippen LogP contribution in [0.15, 0.2) is 0 Å². The lowest BCUT2D eigenvalue weighted by molar-refractivity contribution is -0.124. The lowest BCUT2D eigenvalue weighted by atomic mass is 9.83. The SMILES string of the molecule is CC1(NC(=O)C2CC2N)CCCCC1. The van der Waals surface area contributed by atoms with Crippen LogP contribution in [0.2, 0.25) is 0 Å². The van der Waals surface area contributed by atoms with Gasteiger partial charge in [-0.25, -0.2) is 0 Å². The number of nitrogens with two attached hydrogens (primary N) is 1. The van der Waals surface area contributed by atoms with E-state index in [2.05, 4.69) is 12.2 Å². The molecule has 2 fully saturated rings. The maximum Gasteiger partial charge on any atom is 0.225 e. The van der Waals surface area contributed by atoms with Crippen molar-refractivity contribution in [1.82, 2.24) is 5.32 Å². The summed E-state index contributed by atoms with van der Waals surface area (Å²) in [4.78, 5) is 11.7. The van der Waals surface area contributed by atoms with Crippen molar-refractivity contribution in [3.05, 3.63) is 0 Å². The zero-order valence-corrected chi connectivity index (χ0v) is 8.88. The summed E-state index contributed by atoms with van der Waals surface area (Å²) < 4.78 is 0. The standard InChI is InChI=1S/C11H20N2O/c1-11(5-3-2-4-6-11)13-10(14)8-7-9(8)12/h8-9H,2-7,12H2,1H3,(H,13,14). The van der Waals surface area contributed by atoms with Gasteiger partial charge in [-0.3, -0.25) is 4.79 Å². The Morgan fingerprint density at radius 2 is 1.93 bits per heavy atom. The largest absolute Gasteiger partial charge is 0.351 e. The van der Waals surface area contributed by atoms with Crippen LogP contribution in [0.4, 0.5) is 0 Å². The normalized spacial score (nSPS) is 35.0. The minimum atomic E-state index is 0.0532. The van der Waals surface area contributed by atoms with E-state index >= 15 is 0 Å². The molecule has 1 amide bonds. The van der Waals surface area contributed by atoms with Gasteiger partial charge in [-0.05, 0) is 26.2 Å². The van der Waals surface area contributed by atoms with Gasteiger partial charge in [0, 0.05) is 11.6 Å². The molecule has 0 bridgehead atoms. The van der Waals surface area contributed by atoms with E-state index in [4.69, 9.17) is 5.73 Å². The summed E-state index contributed by atoms with van der Waals surface area (Å²) in [5.41, 5.74) is 5.71. The number of amides is 1. The van der Waals surface area contributed by atoms with E-state index in [1.54, 1.807) is 0 Å². The number of hydrogen-bond donors (Lipinski definition) is 2. The summed E-state index contributed by atoms with van der Waals surface area (Å²) in [6, 6.07) is 0.127. The lowest BCUT2D eigenvalue weighted by Gasteiger charge is -2.34. The van der Waals surface area contributed by atoms with Gasteiger partial charge in [0.2, 0.25) is 5.91 Å². The van der Waals surface area contributed by atoms with Gasteiger partial charge in [-0.1, -0.05) is 19.3 Å². The minimum Gasteiger partial charge on any atom is -0.351 e. The second kappa shape index (κ2) is 3.54. The summed E-state index contributed by atoms with van der Waals surface area (Å²) >= 11 is 0. The number of nitrogens with one attached hydrogen (secondary N) is 1. The zero-order valence-electron chi connectivity index (χ0n) is 8.88. The Hall–Kier alpha value is -0.570. The van der Waals surface area contributed by atoms with Crippen molar-refractivity contribution >= 4 is 5.91 Å². The van der Waals surface area contributed by atoms with Gasteiger partial charge in [-0.15, -0.1) is 0 Å². The molecule has 2 rings (SSSR count). The van der Waals surface area contributed by atoms with Gasteiger partial charge in [-0.2, -0.15) is 0 Å². The van der Waals surface area contributed by atoms with Gasteiger partial charge in [0.05, 0.1) is 5.92 Å². The van der Waals surface area contributed by atoms with Crippen LogP contribution < -0.4 is 11.1 Å². The number of hydrogen-bond acceptors (Lipinski definition) is 2. The number of carbonyl (C=O) groups excluding carboxylic acids is 1. The van der Waals surface area contributed by atoms with Crippen LogP contribution in [0.3, 0.4) is 0 Å². The molecule has 3 nitrogen and oxygen atoms in total. The molecule has 2 unspecified atom stereocenters. The van der Waals surface area contributed by atoms with E-state index in [-0.39, 0.29) is 23.4 Å². The maximum atomic E-state index is 11.7. The minimum absolute atomic E-state index is 0.0532. The third-order valence-electron chi connectivity index (χ3n) is 3.56. The van der Waals surface area contributed by atoms with Gasteiger partial charge in [0.25, 0.3) is 0 Å². The number of carbonyl (C=O) groups is 1. The first-order valence-corrected chi connectivity index (χ1v) is 5.68. The monoisotopic (exact) mass is 196 g/mol. The highest BCUT2D eigenvalue weighted by Gasteiger charge is 2.42. The summed E-state index contributed by atoms with van der Waals surface area (Å²) in [7, 11) is 0. The van der Waals surface area contributed by atoms with E-state index in [0.29, 0.717) is 0 Å². The molecule has 2 atom stereocenters. The molecule has 0 aromatic rings. The number of rotatable bonds is 2. The third-order valence-corrected chi connectivity index (χ3v) is 3.56. The van der Waals surface area contributed by atoms with E-state index in [1.165, 1.54) is 19.3 Å². The molecule has 0 spiro atoms. The highest BCUT2D eigenvalue weighted by Crippen LogP contribution is 2.32. The Morgan fingerprint density at radius 1 is 1.36 bits per heavy atom. The highest BCUT2D eigenvalue weighted by molar-refractivity contribution is 5.82. The van der Waals surface area contributed by atoms with Crippen LogP contribution in [0.25, 0.3) is 0 Å². The van der Waals surface area contributed by atoms with Crippen molar-refractivity contribution in [2.24, 2.45) is 11.7 Å². The van der Waals surface area contributed by atoms with Crippen molar-refractivity contribution in [3.63, 3.8) is 0 Å². The fraction of sp³-hybridized carbons (Fsp3) is 0.909. The molecule has 0 heterocycles. The van der Waals surface area contributed by atoms with Crippen LogP contribution >= 0.6 is 0 Å². The molecule has 0 radical (unpaired) electrons. The molecule has 2 aliphatic carbocycles. The van der Waals surface area contributed by atoms with Crippen LogP contribution in [-0.4, -0.2) is 17.5 Å². The third kappa shape index (κ3) is 2.08. The Balaban J connectivity index is 1.85. The summed E-state index contributed by atoms with van der Waals surface area (Å²) in [5.74, 6) is 0.288. The quantitative estimate of drug-likeness (QED) is 0.696. The van der Waals surface area contributed by atoms with Crippen LogP contribution in [0, 0.1) is 5.92 Å². The summed E-state index contributed by atoms with van der Waals surface area (Å²) in [6.45, 7) is 2.16. The van der Waals surface area contributed by atoms with E-state index in [0.717, 1.165) is 19.3 Å². The van der Waals surface area contributed by atoms with Gasteiger partial charge in [0.15, 0.2) is 0 Å². The van der Waals surface area contributed by atoms with Gasteiger partial charge < -0.3 is 11.1 Å². The smallest absolute Gasteiger partial charge is 0.225 e. The Morgan fingerprint density at radius 3 is 2.43 bits per heavy atom. The maximum absolute atomic E-state index is 11.7. The summed E-state index contributed by atoms with van der Waals surface area (Å²) in [5, 5.41) is 3.17. The molecule has 0 aromatic carbocycles. The van der Waals surface area contributed by atoms with Crippen LogP contribution in [-0.2, 0) is 4.79 Å². The van der Waals surface area contributed by atoms with E-state index < -0.39 is 0 Å². The first kappa shape index (κ1) is 9.97. The lowest BCUT2D eigenvalue weighted by Crippen LogP contribution is -2.48. The van der Waals surface area contributed by atoms with Gasteiger partial charge >= 0.3 is 0 Å². The second-order valence-electron chi connectivity index (χ2n) is 5.12. The summed E-state index contributed by atoms with van der Waals surface area (Å²) in [6.07, 6.45) is 6.93. The fourth-order valence-electron chi connectivity index (χ4n) is 2.36. The Labute approximate surface area is 85.4 Å². The molecule has 2 saturated carbocycles. The van der Waals surface area contributed by atoms with Gasteiger partial charge in [0.1, 0.15) is 0 Å². The van der Waals surface area contributed by atoms with Crippen molar-refractivity contribution in [3.8, 4) is 0 Å². The topological polar surface area (TPSA) is 55.1 Å². The average molecular weight is 196 g/mol. The molecule has 0 aromatic heterocycles. The molecule has 3 heteroatoms. The predicted molar refractivity (Wildman–Crippen MR) is 55.7 cm³/mol.